The van der Waals surface area contributed by atoms with E-state index in [0.29, 0.717) is 0 Å². The fraction of sp³-hybridized carbons (Fsp3) is 0.500. The average molecular weight is 271 g/mol. The second-order valence-electron chi connectivity index (χ2n) is 5.37. The van der Waals surface area contributed by atoms with Crippen molar-refractivity contribution in [2.45, 2.75) is 33.3 Å². The zero-order valence-corrected chi connectivity index (χ0v) is 12.3. The Morgan fingerprint density at radius 2 is 1.50 bits per heavy atom. The summed E-state index contributed by atoms with van der Waals surface area (Å²) in [4.78, 5) is 0. The second-order valence-corrected chi connectivity index (χ2v) is 17.0. The van der Waals surface area contributed by atoms with E-state index in [1.807, 2.05) is 0 Å². The molecule has 0 aliphatic rings. The van der Waals surface area contributed by atoms with E-state index in [4.69, 9.17) is 0 Å². The molecule has 0 spiro atoms. The van der Waals surface area contributed by atoms with Gasteiger partial charge >= 0.3 is 93.0 Å². The summed E-state index contributed by atoms with van der Waals surface area (Å²) in [6.07, 6.45) is 0. The molecule has 1 nitrogen and oxygen atoms in total. The van der Waals surface area contributed by atoms with Crippen molar-refractivity contribution in [1.29, 1.82) is 0 Å². The van der Waals surface area contributed by atoms with E-state index in [1.165, 1.54) is 5.56 Å². The van der Waals surface area contributed by atoms with Crippen LogP contribution in [0.1, 0.15) is 19.4 Å². The second kappa shape index (κ2) is 4.28. The molecular weight excluding hydrogens is 249 g/mol. The summed E-state index contributed by atoms with van der Waals surface area (Å²) >= 11 is -1.92. The van der Waals surface area contributed by atoms with Gasteiger partial charge in [0.25, 0.3) is 0 Å². The van der Waals surface area contributed by atoms with Crippen molar-refractivity contribution in [1.82, 2.24) is 3.26 Å². The molecule has 0 aromatic heterocycles. The van der Waals surface area contributed by atoms with Crippen LogP contribution in [-0.4, -0.2) is 0 Å². The van der Waals surface area contributed by atoms with E-state index in [1.54, 1.807) is 0 Å². The molecule has 0 unspecified atom stereocenters. The van der Waals surface area contributed by atoms with E-state index in [2.05, 4.69) is 61.3 Å². The van der Waals surface area contributed by atoms with Crippen molar-refractivity contribution >= 4 is 0 Å². The van der Waals surface area contributed by atoms with Crippen LogP contribution in [0.5, 0.6) is 0 Å². The standard InChI is InChI=1S/C9H12N.3CH3.Zr/c1-9(2,10)8-6-4-3-5-7-8;;;;/h3-7,10H,1-2H3;3*1H3;/q-1;;;;+1. The molecule has 0 aliphatic heterocycles. The van der Waals surface area contributed by atoms with Gasteiger partial charge in [0.1, 0.15) is 0 Å². The van der Waals surface area contributed by atoms with Crippen molar-refractivity contribution in [3.63, 3.8) is 0 Å². The first-order valence-corrected chi connectivity index (χ1v) is 13.8. The van der Waals surface area contributed by atoms with Crippen LogP contribution in [0.2, 0.25) is 13.9 Å². The van der Waals surface area contributed by atoms with Crippen LogP contribution in [0, 0.1) is 0 Å². The molecule has 0 aliphatic carbocycles. The predicted octanol–water partition coefficient (Wildman–Crippen LogP) is 3.72. The van der Waals surface area contributed by atoms with Gasteiger partial charge < -0.3 is 0 Å². The molecule has 1 aromatic carbocycles. The minimum atomic E-state index is -1.92. The fourth-order valence-electron chi connectivity index (χ4n) is 1.86. The maximum absolute atomic E-state index is 3.82. The van der Waals surface area contributed by atoms with Gasteiger partial charge in [-0.3, -0.25) is 0 Å². The number of hydrogen-bond donors (Lipinski definition) is 1. The van der Waals surface area contributed by atoms with Crippen LogP contribution < -0.4 is 3.26 Å². The van der Waals surface area contributed by atoms with Crippen LogP contribution in [0.3, 0.4) is 0 Å². The molecule has 0 amide bonds. The molecule has 2 heteroatoms. The SMILES string of the molecule is CC(C)([NH][Zr]([CH3])([CH3])[CH3])c1ccccc1. The molecule has 0 heterocycles. The number of rotatable bonds is 3. The van der Waals surface area contributed by atoms with Crippen LogP contribution in [0.15, 0.2) is 30.3 Å². The van der Waals surface area contributed by atoms with Crippen LogP contribution >= 0.6 is 0 Å². The summed E-state index contributed by atoms with van der Waals surface area (Å²) < 4.78 is 11.0. The van der Waals surface area contributed by atoms with Gasteiger partial charge in [0.05, 0.1) is 0 Å². The van der Waals surface area contributed by atoms with Crippen LogP contribution in [-0.2, 0) is 26.1 Å². The molecular formula is C12H21NZr. The number of hydrogen-bond acceptors (Lipinski definition) is 1. The van der Waals surface area contributed by atoms with Crippen molar-refractivity contribution in [2.24, 2.45) is 0 Å². The molecule has 78 valence electrons. The molecule has 0 fully saturated rings. The summed E-state index contributed by atoms with van der Waals surface area (Å²) in [5.74, 6) is 0. The van der Waals surface area contributed by atoms with Gasteiger partial charge in [-0.2, -0.15) is 0 Å². The van der Waals surface area contributed by atoms with Crippen LogP contribution in [0.4, 0.5) is 0 Å². The Hall–Kier alpha value is 0.0631. The first-order chi connectivity index (χ1) is 6.31. The molecule has 0 saturated heterocycles. The van der Waals surface area contributed by atoms with E-state index >= 15 is 0 Å². The van der Waals surface area contributed by atoms with Crippen molar-refractivity contribution < 1.29 is 20.6 Å². The first-order valence-electron chi connectivity index (χ1n) is 5.16. The van der Waals surface area contributed by atoms with E-state index in [-0.39, 0.29) is 5.54 Å². The third-order valence-electron chi connectivity index (χ3n) is 2.18. The Labute approximate surface area is 92.7 Å². The maximum atomic E-state index is 3.82. The van der Waals surface area contributed by atoms with Crippen molar-refractivity contribution in [3.05, 3.63) is 35.9 Å². The average Bonchev–Trinajstić information content (AvgIpc) is 2.01. The van der Waals surface area contributed by atoms with Gasteiger partial charge in [0, 0.05) is 0 Å². The minimum absolute atomic E-state index is 0.121. The molecule has 14 heavy (non-hydrogen) atoms. The van der Waals surface area contributed by atoms with Crippen molar-refractivity contribution in [3.8, 4) is 0 Å². The zero-order chi connectivity index (χ0) is 10.8. The molecule has 1 N–H and O–H groups in total. The van der Waals surface area contributed by atoms with E-state index in [9.17, 15) is 0 Å². The molecule has 0 bridgehead atoms. The normalized spacial score (nSPS) is 12.9. The third-order valence-corrected chi connectivity index (χ3v) is 5.56. The Bertz CT molecular complexity index is 285. The Balaban J connectivity index is 2.86. The topological polar surface area (TPSA) is 12.0 Å². The summed E-state index contributed by atoms with van der Waals surface area (Å²) in [6, 6.07) is 10.7. The molecule has 1 rings (SSSR count). The number of nitrogens with one attached hydrogen (secondary N) is 1. The van der Waals surface area contributed by atoms with Gasteiger partial charge in [0.2, 0.25) is 0 Å². The van der Waals surface area contributed by atoms with Gasteiger partial charge in [-0.15, -0.1) is 0 Å². The quantitative estimate of drug-likeness (QED) is 0.882. The molecule has 0 atom stereocenters. The zero-order valence-electron chi connectivity index (χ0n) is 9.89. The monoisotopic (exact) mass is 269 g/mol. The molecule has 1 aromatic rings. The first kappa shape index (κ1) is 12.1. The summed E-state index contributed by atoms with van der Waals surface area (Å²) in [6.45, 7) is 4.54. The summed E-state index contributed by atoms with van der Waals surface area (Å²) in [7, 11) is 0. The fourth-order valence-corrected chi connectivity index (χ4v) is 6.83. The number of benzene rings is 1. The summed E-state index contributed by atoms with van der Waals surface area (Å²) in [5, 5.41) is 0. The van der Waals surface area contributed by atoms with E-state index in [0.717, 1.165) is 0 Å². The molecule has 0 saturated carbocycles. The Morgan fingerprint density at radius 1 is 1.00 bits per heavy atom. The molecule has 0 radical (unpaired) electrons. The summed E-state index contributed by atoms with van der Waals surface area (Å²) in [5.41, 5.74) is 1.50. The van der Waals surface area contributed by atoms with Crippen LogP contribution in [0.25, 0.3) is 0 Å². The van der Waals surface area contributed by atoms with E-state index < -0.39 is 20.6 Å². The van der Waals surface area contributed by atoms with Gasteiger partial charge in [-0.1, -0.05) is 0 Å². The van der Waals surface area contributed by atoms with Gasteiger partial charge in [0.15, 0.2) is 0 Å². The van der Waals surface area contributed by atoms with Gasteiger partial charge in [-0.05, 0) is 0 Å². The van der Waals surface area contributed by atoms with Gasteiger partial charge in [-0.25, -0.2) is 0 Å². The Morgan fingerprint density at radius 3 is 1.93 bits per heavy atom. The van der Waals surface area contributed by atoms with Crippen molar-refractivity contribution in [2.75, 3.05) is 0 Å². The predicted molar refractivity (Wildman–Crippen MR) is 60.2 cm³/mol. The Kier molecular flexibility index (Phi) is 3.71. The third kappa shape index (κ3) is 3.67.